The Labute approximate surface area is 86.7 Å². The Kier molecular flexibility index (Phi) is 2490. The summed E-state index contributed by atoms with van der Waals surface area (Å²) in [5, 5.41) is 0. The van der Waals surface area contributed by atoms with Crippen LogP contribution in [0.2, 0.25) is 0 Å². The second kappa shape index (κ2) is 108. The summed E-state index contributed by atoms with van der Waals surface area (Å²) in [4.78, 5) is 0. The van der Waals surface area contributed by atoms with Crippen LogP contribution in [0, 0.1) is 60.3 Å². The summed E-state index contributed by atoms with van der Waals surface area (Å²) in [7, 11) is 0. The first-order valence-corrected chi connectivity index (χ1v) is 0. The smallest absolute Gasteiger partial charge is 2.00 e. The maximum absolute atomic E-state index is 0. The first kappa shape index (κ1) is 161. The Balaban J connectivity index is 0. The average molecular weight is 562 g/mol. The molecule has 0 fully saturated rings. The molecular weight excluding hydrogens is 562 g/mol. The monoisotopic (exact) mass is 556 g/mol. The fourth-order valence-corrected chi connectivity index (χ4v) is 0. The van der Waals surface area contributed by atoms with E-state index in [2.05, 4.69) is 0 Å². The van der Waals surface area contributed by atoms with Gasteiger partial charge in [0.25, 0.3) is 0 Å². The third-order valence-corrected chi connectivity index (χ3v) is 0. The van der Waals surface area contributed by atoms with Gasteiger partial charge in [0.1, 0.15) is 0 Å². The second-order valence-corrected chi connectivity index (χ2v) is 0. The molecule has 0 N–H and O–H groups in total. The fourth-order valence-electron chi connectivity index (χ4n) is 0. The predicted octanol–water partition coefficient (Wildman–Crippen LogP) is -0.594. The molecule has 7 heavy (non-hydrogen) atoms. The van der Waals surface area contributed by atoms with Crippen molar-refractivity contribution < 1.29 is 87.7 Å². The number of hydrogen-bond donors (Lipinski definition) is 0. The fraction of sp³-hybridized carbons (Fsp3) is 0. The molecule has 0 aliphatic rings. The van der Waals surface area contributed by atoms with E-state index in [0.717, 1.165) is 0 Å². The molecule has 0 aliphatic carbocycles. The predicted molar refractivity (Wildman–Crippen MR) is 3.43 cm³/mol. The van der Waals surface area contributed by atoms with E-state index in [-0.39, 0.29) is 87.7 Å². The molecule has 0 heterocycles. The molecule has 0 saturated carbocycles. The summed E-state index contributed by atoms with van der Waals surface area (Å²) in [5.74, 6) is 0. The minimum atomic E-state index is 0. The van der Waals surface area contributed by atoms with Gasteiger partial charge in [-0.25, -0.2) is 0 Å². The molecule has 0 aromatic carbocycles. The molecule has 0 saturated heterocycles. The molecule has 40 valence electrons. The van der Waals surface area contributed by atoms with Crippen molar-refractivity contribution in [2.45, 2.75) is 0 Å². The third-order valence-electron chi connectivity index (χ3n) is 0. The van der Waals surface area contributed by atoms with E-state index in [0.29, 0.717) is 0 Å². The Morgan fingerprint density at radius 1 is 0.429 bits per heavy atom. The Hall–Kier alpha value is 1.84. The SMILES string of the molecule is [O-2].[O-2].[O-2].[O-2].[O-2].[Pu+4].[U+6]. The van der Waals surface area contributed by atoms with Crippen LogP contribution in [0.1, 0.15) is 0 Å². The summed E-state index contributed by atoms with van der Waals surface area (Å²) in [6, 6.07) is 0. The summed E-state index contributed by atoms with van der Waals surface area (Å²) >= 11 is 0. The van der Waals surface area contributed by atoms with E-state index >= 15 is 0 Å². The second-order valence-electron chi connectivity index (χ2n) is 0. The van der Waals surface area contributed by atoms with Crippen molar-refractivity contribution in [2.75, 3.05) is 0 Å². The zero-order valence-electron chi connectivity index (χ0n) is 2.95. The van der Waals surface area contributed by atoms with Gasteiger partial charge in [0.05, 0.1) is 0 Å². The zero-order chi connectivity index (χ0) is 0. The topological polar surface area (TPSA) is 142 Å². The molecule has 0 atom stereocenters. The number of rotatable bonds is 0. The Bertz CT molecular complexity index is 8.04. The molecule has 0 bridgehead atoms. The van der Waals surface area contributed by atoms with Gasteiger partial charge in [-0.2, -0.15) is 0 Å². The summed E-state index contributed by atoms with van der Waals surface area (Å²) in [5.41, 5.74) is 0. The van der Waals surface area contributed by atoms with Gasteiger partial charge in [-0.1, -0.05) is 0 Å². The van der Waals surface area contributed by atoms with E-state index < -0.39 is 0 Å². The van der Waals surface area contributed by atoms with Gasteiger partial charge in [-0.05, 0) is 0 Å². The van der Waals surface area contributed by atoms with Crippen LogP contribution >= 0.6 is 0 Å². The zero-order valence-corrected chi connectivity index (χ0v) is 10.5. The number of hydrogen-bond acceptors (Lipinski definition) is 0. The molecule has 0 amide bonds. The van der Waals surface area contributed by atoms with Crippen LogP contribution in [0.15, 0.2) is 0 Å². The van der Waals surface area contributed by atoms with Crippen molar-refractivity contribution in [1.29, 1.82) is 0 Å². The quantitative estimate of drug-likeness (QED) is 0.372. The van der Waals surface area contributed by atoms with Crippen molar-refractivity contribution in [2.24, 2.45) is 0 Å². The van der Waals surface area contributed by atoms with E-state index in [1.807, 2.05) is 0 Å². The van der Waals surface area contributed by atoms with Crippen LogP contribution in [0.4, 0.5) is 0 Å². The molecule has 0 rings (SSSR count). The van der Waals surface area contributed by atoms with Gasteiger partial charge < -0.3 is 27.4 Å². The van der Waals surface area contributed by atoms with Gasteiger partial charge in [0.15, 0.2) is 0 Å². The van der Waals surface area contributed by atoms with E-state index in [1.54, 1.807) is 0 Å². The molecular formula is O5PuU. The van der Waals surface area contributed by atoms with Crippen molar-refractivity contribution in [3.05, 3.63) is 0 Å². The Morgan fingerprint density at radius 3 is 0.429 bits per heavy atom. The van der Waals surface area contributed by atoms with Crippen LogP contribution in [-0.4, -0.2) is 0 Å². The maximum Gasteiger partial charge on any atom is 6.00 e. The van der Waals surface area contributed by atoms with Crippen molar-refractivity contribution >= 4 is 0 Å². The summed E-state index contributed by atoms with van der Waals surface area (Å²) < 4.78 is 0. The van der Waals surface area contributed by atoms with Gasteiger partial charge in [-0.3, -0.25) is 0 Å². The van der Waals surface area contributed by atoms with Crippen LogP contribution in [0.25, 0.3) is 0 Å². The van der Waals surface area contributed by atoms with Gasteiger partial charge in [0.2, 0.25) is 0 Å². The van der Waals surface area contributed by atoms with Crippen molar-refractivity contribution in [1.82, 2.24) is 0 Å². The van der Waals surface area contributed by atoms with Gasteiger partial charge >= 0.3 is 60.3 Å². The Morgan fingerprint density at radius 2 is 0.429 bits per heavy atom. The molecule has 5 nitrogen and oxygen atoms in total. The normalized spacial score (nSPS) is 0. The van der Waals surface area contributed by atoms with Crippen molar-refractivity contribution in [3.63, 3.8) is 0 Å². The minimum absolute atomic E-state index is 0. The minimum Gasteiger partial charge on any atom is -2.00 e. The van der Waals surface area contributed by atoms with Crippen molar-refractivity contribution in [3.8, 4) is 0 Å². The van der Waals surface area contributed by atoms with Crippen LogP contribution < -0.4 is 0 Å². The van der Waals surface area contributed by atoms with E-state index in [1.165, 1.54) is 0 Å². The maximum atomic E-state index is 0. The summed E-state index contributed by atoms with van der Waals surface area (Å²) in [6.07, 6.45) is 0. The molecule has 0 unspecified atom stereocenters. The molecule has 7 heteroatoms. The molecule has 0 spiro atoms. The average Bonchev–Trinajstić information content (AvgIpc) is 0. The van der Waals surface area contributed by atoms with Gasteiger partial charge in [0, 0.05) is 0 Å². The standard InChI is InChI=1S/5O.Pu.U/q5*-2;+4;+6. The third kappa shape index (κ3) is 79.0. The molecule has 0 radical (unpaired) electrons. The van der Waals surface area contributed by atoms with E-state index in [4.69, 9.17) is 0 Å². The first-order valence-electron chi connectivity index (χ1n) is 0. The van der Waals surface area contributed by atoms with Crippen LogP contribution in [-0.2, 0) is 27.4 Å². The first-order chi connectivity index (χ1) is 0. The van der Waals surface area contributed by atoms with E-state index in [9.17, 15) is 0 Å². The largest absolute Gasteiger partial charge is 6.00 e. The molecule has 0 aliphatic heterocycles. The van der Waals surface area contributed by atoms with Gasteiger partial charge in [-0.15, -0.1) is 0 Å². The molecule has 0 aromatic heterocycles. The molecule has 0 aromatic rings. The van der Waals surface area contributed by atoms with Crippen LogP contribution in [0.3, 0.4) is 0 Å². The van der Waals surface area contributed by atoms with Crippen LogP contribution in [0.5, 0.6) is 0 Å². The summed E-state index contributed by atoms with van der Waals surface area (Å²) in [6.45, 7) is 0.